The van der Waals surface area contributed by atoms with Crippen molar-refractivity contribution in [3.63, 3.8) is 0 Å². The van der Waals surface area contributed by atoms with E-state index in [2.05, 4.69) is 15.9 Å². The molecule has 4 fully saturated rings. The highest BCUT2D eigenvalue weighted by Crippen LogP contribution is 2.59. The first-order valence-corrected chi connectivity index (χ1v) is 8.50. The van der Waals surface area contributed by atoms with Gasteiger partial charge >= 0.3 is 0 Å². The zero-order valence-electron chi connectivity index (χ0n) is 11.5. The summed E-state index contributed by atoms with van der Waals surface area (Å²) in [6.07, 6.45) is 6.69. The highest BCUT2D eigenvalue weighted by atomic mass is 79.9. The van der Waals surface area contributed by atoms with Gasteiger partial charge in [0.2, 0.25) is 0 Å². The summed E-state index contributed by atoms with van der Waals surface area (Å²) in [5.74, 6) is 2.32. The second-order valence-electron chi connectivity index (χ2n) is 7.21. The molecule has 0 atom stereocenters. The van der Waals surface area contributed by atoms with E-state index in [-0.39, 0.29) is 5.82 Å². The van der Waals surface area contributed by atoms with E-state index in [1.807, 2.05) is 0 Å². The minimum absolute atomic E-state index is 0.212. The van der Waals surface area contributed by atoms with Crippen LogP contribution >= 0.6 is 15.9 Å². The third kappa shape index (κ3) is 1.97. The van der Waals surface area contributed by atoms with Crippen LogP contribution in [0.3, 0.4) is 0 Å². The maximum Gasteiger partial charge on any atom is 0.123 e. The first-order chi connectivity index (χ1) is 9.54. The van der Waals surface area contributed by atoms with Gasteiger partial charge in [0.15, 0.2) is 0 Å². The molecule has 3 heteroatoms. The Hall–Kier alpha value is -0.410. The average Bonchev–Trinajstić information content (AvgIpc) is 2.40. The van der Waals surface area contributed by atoms with Crippen LogP contribution in [0.25, 0.3) is 0 Å². The predicted molar refractivity (Wildman–Crippen MR) is 79.8 cm³/mol. The lowest BCUT2D eigenvalue weighted by Crippen LogP contribution is -2.58. The SMILES string of the molecule is OC1(Cc2cc(F)ccc2Br)C2CC3CC(C2)CC1C3. The summed E-state index contributed by atoms with van der Waals surface area (Å²) in [7, 11) is 0. The molecule has 1 N–H and O–H groups in total. The van der Waals surface area contributed by atoms with Crippen LogP contribution in [0.2, 0.25) is 0 Å². The largest absolute Gasteiger partial charge is 0.389 e. The van der Waals surface area contributed by atoms with Crippen LogP contribution in [0.5, 0.6) is 0 Å². The van der Waals surface area contributed by atoms with Crippen molar-refractivity contribution in [1.82, 2.24) is 0 Å². The lowest BCUT2D eigenvalue weighted by atomic mass is 9.49. The molecule has 108 valence electrons. The Balaban J connectivity index is 1.66. The Bertz CT molecular complexity index is 514. The quantitative estimate of drug-likeness (QED) is 0.851. The van der Waals surface area contributed by atoms with E-state index >= 15 is 0 Å². The van der Waals surface area contributed by atoms with E-state index < -0.39 is 5.60 Å². The van der Waals surface area contributed by atoms with E-state index in [0.717, 1.165) is 21.9 Å². The lowest BCUT2D eigenvalue weighted by molar-refractivity contribution is -0.171. The Kier molecular flexibility index (Phi) is 3.01. The van der Waals surface area contributed by atoms with Gasteiger partial charge in [0.25, 0.3) is 0 Å². The number of benzene rings is 1. The van der Waals surface area contributed by atoms with Gasteiger partial charge in [-0.05, 0) is 79.5 Å². The van der Waals surface area contributed by atoms with Gasteiger partial charge in [-0.15, -0.1) is 0 Å². The van der Waals surface area contributed by atoms with Crippen molar-refractivity contribution in [1.29, 1.82) is 0 Å². The second-order valence-corrected chi connectivity index (χ2v) is 8.06. The van der Waals surface area contributed by atoms with E-state index in [0.29, 0.717) is 18.3 Å². The van der Waals surface area contributed by atoms with Gasteiger partial charge in [-0.1, -0.05) is 15.9 Å². The molecule has 0 amide bonds. The molecule has 0 spiro atoms. The van der Waals surface area contributed by atoms with Crippen molar-refractivity contribution in [3.8, 4) is 0 Å². The van der Waals surface area contributed by atoms with Gasteiger partial charge in [-0.2, -0.15) is 0 Å². The Morgan fingerprint density at radius 1 is 1.10 bits per heavy atom. The molecular weight excluding hydrogens is 319 g/mol. The standard InChI is InChI=1S/C17H20BrFO/c18-16-2-1-15(19)8-12(16)9-17(20)13-4-10-3-11(6-13)7-14(17)5-10/h1-2,8,10-11,13-14,20H,3-7,9H2. The molecule has 4 aliphatic rings. The van der Waals surface area contributed by atoms with Crippen molar-refractivity contribution in [2.75, 3.05) is 0 Å². The van der Waals surface area contributed by atoms with Crippen LogP contribution in [0, 0.1) is 29.5 Å². The van der Waals surface area contributed by atoms with Crippen molar-refractivity contribution < 1.29 is 9.50 Å². The highest BCUT2D eigenvalue weighted by molar-refractivity contribution is 9.10. The summed E-state index contributed by atoms with van der Waals surface area (Å²) >= 11 is 3.50. The Morgan fingerprint density at radius 3 is 2.30 bits per heavy atom. The molecule has 0 aromatic heterocycles. The van der Waals surface area contributed by atoms with Gasteiger partial charge in [0, 0.05) is 10.9 Å². The van der Waals surface area contributed by atoms with E-state index in [1.165, 1.54) is 38.2 Å². The Labute approximate surface area is 127 Å². The minimum Gasteiger partial charge on any atom is -0.389 e. The van der Waals surface area contributed by atoms with Gasteiger partial charge in [0.05, 0.1) is 5.60 Å². The van der Waals surface area contributed by atoms with Crippen LogP contribution in [-0.4, -0.2) is 10.7 Å². The molecule has 1 nitrogen and oxygen atoms in total. The van der Waals surface area contributed by atoms with E-state index in [9.17, 15) is 9.50 Å². The predicted octanol–water partition coefficient (Wildman–Crippen LogP) is 4.32. The summed E-state index contributed by atoms with van der Waals surface area (Å²) in [5.41, 5.74) is 0.309. The lowest BCUT2D eigenvalue weighted by Gasteiger charge is -2.59. The third-order valence-corrected chi connectivity index (χ3v) is 6.81. The first-order valence-electron chi connectivity index (χ1n) is 7.71. The molecule has 5 rings (SSSR count). The summed E-state index contributed by atoms with van der Waals surface area (Å²) in [4.78, 5) is 0. The van der Waals surface area contributed by atoms with Gasteiger partial charge in [0.1, 0.15) is 5.82 Å². The topological polar surface area (TPSA) is 20.2 Å². The number of hydrogen-bond donors (Lipinski definition) is 1. The van der Waals surface area contributed by atoms with Crippen LogP contribution in [0.15, 0.2) is 22.7 Å². The van der Waals surface area contributed by atoms with Crippen LogP contribution in [-0.2, 0) is 6.42 Å². The van der Waals surface area contributed by atoms with Gasteiger partial charge in [-0.25, -0.2) is 4.39 Å². The molecule has 0 unspecified atom stereocenters. The molecule has 0 radical (unpaired) electrons. The van der Waals surface area contributed by atoms with E-state index in [1.54, 1.807) is 12.1 Å². The number of hydrogen-bond acceptors (Lipinski definition) is 1. The fourth-order valence-corrected chi connectivity index (χ4v) is 5.66. The molecule has 1 aromatic carbocycles. The molecule has 0 aliphatic heterocycles. The van der Waals surface area contributed by atoms with Crippen molar-refractivity contribution in [2.45, 2.75) is 44.1 Å². The fourth-order valence-electron chi connectivity index (χ4n) is 5.27. The summed E-state index contributed by atoms with van der Waals surface area (Å²) < 4.78 is 14.4. The van der Waals surface area contributed by atoms with E-state index in [4.69, 9.17) is 0 Å². The number of aliphatic hydroxyl groups is 1. The molecule has 1 aromatic rings. The highest BCUT2D eigenvalue weighted by Gasteiger charge is 2.56. The average molecular weight is 339 g/mol. The van der Waals surface area contributed by atoms with Crippen molar-refractivity contribution in [3.05, 3.63) is 34.1 Å². The molecule has 0 saturated heterocycles. The first kappa shape index (κ1) is 13.3. The van der Waals surface area contributed by atoms with Gasteiger partial charge < -0.3 is 5.11 Å². The minimum atomic E-state index is -0.607. The maximum absolute atomic E-state index is 13.5. The monoisotopic (exact) mass is 338 g/mol. The maximum atomic E-state index is 13.5. The number of halogens is 2. The van der Waals surface area contributed by atoms with Crippen LogP contribution in [0.4, 0.5) is 4.39 Å². The molecule has 20 heavy (non-hydrogen) atoms. The Morgan fingerprint density at radius 2 is 1.70 bits per heavy atom. The summed E-state index contributed by atoms with van der Waals surface area (Å²) in [6, 6.07) is 4.80. The zero-order valence-corrected chi connectivity index (χ0v) is 13.1. The summed E-state index contributed by atoms with van der Waals surface area (Å²) in [5, 5.41) is 11.3. The second kappa shape index (κ2) is 4.54. The van der Waals surface area contributed by atoms with Crippen LogP contribution < -0.4 is 0 Å². The molecule has 0 heterocycles. The molecular formula is C17H20BrFO. The van der Waals surface area contributed by atoms with Gasteiger partial charge in [-0.3, -0.25) is 0 Å². The molecule has 4 bridgehead atoms. The zero-order chi connectivity index (χ0) is 13.9. The summed E-state index contributed by atoms with van der Waals surface area (Å²) in [6.45, 7) is 0. The molecule has 4 saturated carbocycles. The smallest absolute Gasteiger partial charge is 0.123 e. The molecule has 4 aliphatic carbocycles. The fraction of sp³-hybridized carbons (Fsp3) is 0.647. The normalized spacial score (nSPS) is 42.1. The van der Waals surface area contributed by atoms with Crippen molar-refractivity contribution in [2.24, 2.45) is 23.7 Å². The van der Waals surface area contributed by atoms with Crippen molar-refractivity contribution >= 4 is 15.9 Å². The third-order valence-electron chi connectivity index (χ3n) is 6.03. The number of rotatable bonds is 2. The van der Waals surface area contributed by atoms with Crippen LogP contribution in [0.1, 0.15) is 37.7 Å².